The number of nitrogens with one attached hydrogen (secondary N) is 1. The zero-order chi connectivity index (χ0) is 14.7. The number of hydrogen-bond acceptors (Lipinski definition) is 4. The number of benzene rings is 1. The van der Waals surface area contributed by atoms with Crippen LogP contribution in [0.2, 0.25) is 5.02 Å². The summed E-state index contributed by atoms with van der Waals surface area (Å²) in [5.74, 6) is 0.871. The summed E-state index contributed by atoms with van der Waals surface area (Å²) in [7, 11) is 0. The van der Waals surface area contributed by atoms with Gasteiger partial charge in [-0.2, -0.15) is 0 Å². The fourth-order valence-electron chi connectivity index (χ4n) is 3.50. The second-order valence-corrected chi connectivity index (χ2v) is 6.32. The van der Waals surface area contributed by atoms with Crippen LogP contribution in [0.15, 0.2) is 18.2 Å². The molecule has 21 heavy (non-hydrogen) atoms. The fourth-order valence-corrected chi connectivity index (χ4v) is 3.68. The van der Waals surface area contributed by atoms with Crippen molar-refractivity contribution in [2.24, 2.45) is 5.92 Å². The number of nitrogens with zero attached hydrogens (tertiary/aromatic N) is 1. The lowest BCUT2D eigenvalue weighted by atomic mass is 9.85. The molecule has 1 atom stereocenters. The molecule has 2 aliphatic heterocycles. The van der Waals surface area contributed by atoms with Crippen LogP contribution in [0.4, 0.5) is 0 Å². The highest BCUT2D eigenvalue weighted by molar-refractivity contribution is 6.30. The lowest BCUT2D eigenvalue weighted by molar-refractivity contribution is 0.0206. The second-order valence-electron chi connectivity index (χ2n) is 5.88. The van der Waals surface area contributed by atoms with E-state index in [9.17, 15) is 5.11 Å². The molecule has 0 aliphatic carbocycles. The highest BCUT2D eigenvalue weighted by Gasteiger charge is 2.32. The van der Waals surface area contributed by atoms with Crippen LogP contribution in [0.5, 0.6) is 5.75 Å². The van der Waals surface area contributed by atoms with Crippen molar-refractivity contribution in [2.45, 2.75) is 18.9 Å². The van der Waals surface area contributed by atoms with Crippen LogP contribution in [0.1, 0.15) is 24.4 Å². The maximum atomic E-state index is 10.3. The smallest absolute Gasteiger partial charge is 0.120 e. The van der Waals surface area contributed by atoms with E-state index in [1.165, 1.54) is 0 Å². The molecule has 5 heteroatoms. The topological polar surface area (TPSA) is 44.7 Å². The largest absolute Gasteiger partial charge is 0.508 e. The second kappa shape index (κ2) is 6.97. The zero-order valence-corrected chi connectivity index (χ0v) is 13.0. The Balaban J connectivity index is 1.91. The molecule has 4 nitrogen and oxygen atoms in total. The first kappa shape index (κ1) is 15.1. The Morgan fingerprint density at radius 3 is 2.67 bits per heavy atom. The first-order valence-corrected chi connectivity index (χ1v) is 8.14. The zero-order valence-electron chi connectivity index (χ0n) is 12.2. The van der Waals surface area contributed by atoms with Crippen molar-refractivity contribution in [3.63, 3.8) is 0 Å². The van der Waals surface area contributed by atoms with Crippen LogP contribution in [0, 0.1) is 5.92 Å². The molecule has 0 saturated carbocycles. The number of hydrogen-bond donors (Lipinski definition) is 2. The van der Waals surface area contributed by atoms with Gasteiger partial charge in [-0.15, -0.1) is 0 Å². The van der Waals surface area contributed by atoms with Crippen molar-refractivity contribution >= 4 is 11.6 Å². The molecule has 1 aromatic carbocycles. The highest BCUT2D eigenvalue weighted by Crippen LogP contribution is 2.40. The van der Waals surface area contributed by atoms with Gasteiger partial charge in [-0.1, -0.05) is 11.6 Å². The fraction of sp³-hybridized carbons (Fsp3) is 0.625. The quantitative estimate of drug-likeness (QED) is 0.900. The van der Waals surface area contributed by atoms with Gasteiger partial charge in [0.05, 0.1) is 0 Å². The molecule has 0 radical (unpaired) electrons. The van der Waals surface area contributed by atoms with Gasteiger partial charge in [0.2, 0.25) is 0 Å². The molecule has 116 valence electrons. The van der Waals surface area contributed by atoms with Crippen LogP contribution in [0.25, 0.3) is 0 Å². The predicted molar refractivity (Wildman–Crippen MR) is 83.8 cm³/mol. The van der Waals surface area contributed by atoms with Gasteiger partial charge in [0.15, 0.2) is 0 Å². The number of piperazine rings is 1. The van der Waals surface area contributed by atoms with Gasteiger partial charge in [0.1, 0.15) is 5.75 Å². The molecule has 0 spiro atoms. The molecule has 3 rings (SSSR count). The maximum Gasteiger partial charge on any atom is 0.120 e. The third-order valence-corrected chi connectivity index (χ3v) is 4.80. The summed E-state index contributed by atoms with van der Waals surface area (Å²) < 4.78 is 5.51. The Kier molecular flexibility index (Phi) is 5.01. The molecule has 2 fully saturated rings. The van der Waals surface area contributed by atoms with E-state index in [0.717, 1.165) is 57.8 Å². The van der Waals surface area contributed by atoms with Gasteiger partial charge in [-0.05, 0) is 37.0 Å². The van der Waals surface area contributed by atoms with E-state index >= 15 is 0 Å². The molecule has 1 aromatic rings. The van der Waals surface area contributed by atoms with Gasteiger partial charge in [0.25, 0.3) is 0 Å². The minimum absolute atomic E-state index is 0.231. The van der Waals surface area contributed by atoms with Gasteiger partial charge in [-0.25, -0.2) is 0 Å². The van der Waals surface area contributed by atoms with Crippen molar-refractivity contribution in [1.82, 2.24) is 10.2 Å². The van der Waals surface area contributed by atoms with Crippen molar-refractivity contribution in [1.29, 1.82) is 0 Å². The Morgan fingerprint density at radius 2 is 1.95 bits per heavy atom. The van der Waals surface area contributed by atoms with Crippen LogP contribution < -0.4 is 5.32 Å². The summed E-state index contributed by atoms with van der Waals surface area (Å²) in [5, 5.41) is 14.4. The summed E-state index contributed by atoms with van der Waals surface area (Å²) >= 11 is 6.17. The molecule has 0 unspecified atom stereocenters. The third-order valence-electron chi connectivity index (χ3n) is 4.57. The number of phenolic OH excluding ortho intramolecular Hbond substituents is 1. The molecular formula is C16H23ClN2O2. The normalized spacial score (nSPS) is 23.1. The van der Waals surface area contributed by atoms with E-state index in [0.29, 0.717) is 16.7 Å². The van der Waals surface area contributed by atoms with E-state index < -0.39 is 0 Å². The molecule has 2 aliphatic rings. The Hall–Kier alpha value is -0.810. The van der Waals surface area contributed by atoms with Crippen LogP contribution in [0.3, 0.4) is 0 Å². The van der Waals surface area contributed by atoms with E-state index in [1.807, 2.05) is 6.07 Å². The summed E-state index contributed by atoms with van der Waals surface area (Å²) in [6.45, 7) is 5.65. The molecule has 0 bridgehead atoms. The minimum atomic E-state index is 0.231. The average molecular weight is 311 g/mol. The van der Waals surface area contributed by atoms with E-state index in [1.54, 1.807) is 12.1 Å². The van der Waals surface area contributed by atoms with Crippen LogP contribution >= 0.6 is 11.6 Å². The van der Waals surface area contributed by atoms with Crippen molar-refractivity contribution in [2.75, 3.05) is 39.4 Å². The van der Waals surface area contributed by atoms with Crippen molar-refractivity contribution in [3.8, 4) is 5.75 Å². The molecule has 0 aromatic heterocycles. The third kappa shape index (κ3) is 3.51. The monoisotopic (exact) mass is 310 g/mol. The summed E-state index contributed by atoms with van der Waals surface area (Å²) in [6, 6.07) is 5.62. The van der Waals surface area contributed by atoms with Crippen LogP contribution in [-0.2, 0) is 4.74 Å². The maximum absolute atomic E-state index is 10.3. The molecule has 2 saturated heterocycles. The standard InChI is InChI=1S/C16H23ClN2O2/c17-13-1-2-15(20)14(11-13)16(12-3-9-21-10-4-12)19-7-5-18-6-8-19/h1-2,11-12,16,18,20H,3-10H2/t16-/m0/s1. The van der Waals surface area contributed by atoms with Crippen LogP contribution in [-0.4, -0.2) is 49.4 Å². The molecule has 2 N–H and O–H groups in total. The lowest BCUT2D eigenvalue weighted by Crippen LogP contribution is -2.47. The van der Waals surface area contributed by atoms with Gasteiger partial charge in [0, 0.05) is 56.0 Å². The average Bonchev–Trinajstić information content (AvgIpc) is 2.53. The van der Waals surface area contributed by atoms with Gasteiger partial charge >= 0.3 is 0 Å². The van der Waals surface area contributed by atoms with E-state index in [4.69, 9.17) is 16.3 Å². The van der Waals surface area contributed by atoms with E-state index in [2.05, 4.69) is 10.2 Å². The first-order chi connectivity index (χ1) is 10.3. The molecular weight excluding hydrogens is 288 g/mol. The number of aromatic hydroxyl groups is 1. The number of ether oxygens (including phenoxy) is 1. The minimum Gasteiger partial charge on any atom is -0.508 e. The molecule has 2 heterocycles. The number of rotatable bonds is 3. The number of phenols is 1. The Bertz CT molecular complexity index is 453. The van der Waals surface area contributed by atoms with E-state index in [-0.39, 0.29) is 6.04 Å². The molecule has 0 amide bonds. The lowest BCUT2D eigenvalue weighted by Gasteiger charge is -2.41. The number of halogens is 1. The summed E-state index contributed by atoms with van der Waals surface area (Å²) in [5.41, 5.74) is 0.969. The van der Waals surface area contributed by atoms with Gasteiger partial charge < -0.3 is 15.2 Å². The SMILES string of the molecule is Oc1ccc(Cl)cc1[C@H](C1CCOCC1)N1CCNCC1. The predicted octanol–water partition coefficient (Wildman–Crippen LogP) is 2.42. The van der Waals surface area contributed by atoms with Crippen molar-refractivity contribution < 1.29 is 9.84 Å². The first-order valence-electron chi connectivity index (χ1n) is 7.76. The highest BCUT2D eigenvalue weighted by atomic mass is 35.5. The van der Waals surface area contributed by atoms with Gasteiger partial charge in [-0.3, -0.25) is 4.90 Å². The summed E-state index contributed by atoms with van der Waals surface area (Å²) in [4.78, 5) is 2.48. The summed E-state index contributed by atoms with van der Waals surface area (Å²) in [6.07, 6.45) is 2.08. The Morgan fingerprint density at radius 1 is 1.24 bits per heavy atom. The Labute approximate surface area is 131 Å². The van der Waals surface area contributed by atoms with Crippen molar-refractivity contribution in [3.05, 3.63) is 28.8 Å².